The minimum atomic E-state index is -0.797. The molecule has 1 aliphatic heterocycles. The number of aliphatic carboxylic acids is 1. The molecule has 20 heavy (non-hydrogen) atoms. The summed E-state index contributed by atoms with van der Waals surface area (Å²) in [6.45, 7) is 7.00. The molecule has 1 fully saturated rings. The van der Waals surface area contributed by atoms with E-state index in [1.165, 1.54) is 5.56 Å². The molecule has 1 aromatic rings. The fraction of sp³-hybridized carbons (Fsp3) is 0.533. The van der Waals surface area contributed by atoms with E-state index >= 15 is 0 Å². The Balaban J connectivity index is 1.85. The van der Waals surface area contributed by atoms with Crippen LogP contribution in [-0.2, 0) is 10.2 Å². The van der Waals surface area contributed by atoms with E-state index in [4.69, 9.17) is 9.84 Å². The van der Waals surface area contributed by atoms with E-state index in [0.29, 0.717) is 12.4 Å². The number of nitrogens with one attached hydrogen (secondary N) is 1. The normalized spacial score (nSPS) is 22.8. The Bertz CT molecular complexity index is 467. The Morgan fingerprint density at radius 3 is 2.55 bits per heavy atom. The molecule has 0 amide bonds. The van der Waals surface area contributed by atoms with Gasteiger partial charge in [0, 0.05) is 5.75 Å². The summed E-state index contributed by atoms with van der Waals surface area (Å²) in [5.74, 6) is 0.612. The number of hydrogen-bond acceptors (Lipinski definition) is 4. The van der Waals surface area contributed by atoms with Crippen molar-refractivity contribution in [2.45, 2.75) is 37.6 Å². The fourth-order valence-corrected chi connectivity index (χ4v) is 3.08. The Morgan fingerprint density at radius 2 is 2.05 bits per heavy atom. The molecular weight excluding hydrogens is 274 g/mol. The van der Waals surface area contributed by atoms with Gasteiger partial charge in [0.1, 0.15) is 18.4 Å². The van der Waals surface area contributed by atoms with E-state index in [-0.39, 0.29) is 10.8 Å². The highest BCUT2D eigenvalue weighted by Gasteiger charge is 2.29. The smallest absolute Gasteiger partial charge is 0.321 e. The molecule has 1 aliphatic rings. The topological polar surface area (TPSA) is 58.6 Å². The van der Waals surface area contributed by atoms with Gasteiger partial charge in [-0.3, -0.25) is 10.1 Å². The second kappa shape index (κ2) is 6.06. The summed E-state index contributed by atoms with van der Waals surface area (Å²) >= 11 is 1.59. The molecule has 1 heterocycles. The van der Waals surface area contributed by atoms with Crippen molar-refractivity contribution in [2.24, 2.45) is 0 Å². The van der Waals surface area contributed by atoms with Crippen molar-refractivity contribution in [3.63, 3.8) is 0 Å². The van der Waals surface area contributed by atoms with E-state index in [1.54, 1.807) is 11.8 Å². The summed E-state index contributed by atoms with van der Waals surface area (Å²) in [4.78, 5) is 10.8. The van der Waals surface area contributed by atoms with Crippen molar-refractivity contribution in [3.8, 4) is 5.75 Å². The van der Waals surface area contributed by atoms with Crippen LogP contribution in [0.15, 0.2) is 24.3 Å². The third-order valence-corrected chi connectivity index (χ3v) is 4.47. The van der Waals surface area contributed by atoms with Crippen LogP contribution < -0.4 is 10.1 Å². The summed E-state index contributed by atoms with van der Waals surface area (Å²) in [7, 11) is 0. The first-order chi connectivity index (χ1) is 9.36. The first-order valence-corrected chi connectivity index (χ1v) is 7.75. The van der Waals surface area contributed by atoms with E-state index in [1.807, 2.05) is 12.1 Å². The lowest BCUT2D eigenvalue weighted by Crippen LogP contribution is -2.38. The van der Waals surface area contributed by atoms with E-state index in [9.17, 15) is 4.79 Å². The lowest BCUT2D eigenvalue weighted by atomic mass is 9.87. The standard InChI is InChI=1S/C15H21NO3S/c1-15(2,3)10-4-6-11(7-5-10)19-8-13-16-12(9-20-13)14(17)18/h4-7,12-13,16H,8-9H2,1-3H3,(H,17,18). The molecule has 0 bridgehead atoms. The van der Waals surface area contributed by atoms with Crippen molar-refractivity contribution in [1.82, 2.24) is 5.32 Å². The molecule has 0 spiro atoms. The fourth-order valence-electron chi connectivity index (χ4n) is 1.99. The Morgan fingerprint density at radius 1 is 1.40 bits per heavy atom. The molecule has 2 rings (SSSR count). The molecular formula is C15H21NO3S. The molecule has 4 nitrogen and oxygen atoms in total. The largest absolute Gasteiger partial charge is 0.491 e. The second-order valence-corrected chi connectivity index (χ2v) is 7.20. The van der Waals surface area contributed by atoms with Gasteiger partial charge >= 0.3 is 5.97 Å². The van der Waals surface area contributed by atoms with Crippen LogP contribution in [0.25, 0.3) is 0 Å². The summed E-state index contributed by atoms with van der Waals surface area (Å²) in [6, 6.07) is 7.62. The minimum absolute atomic E-state index is 0.0402. The molecule has 2 unspecified atom stereocenters. The van der Waals surface area contributed by atoms with Gasteiger partial charge in [0.25, 0.3) is 0 Å². The van der Waals surface area contributed by atoms with Gasteiger partial charge in [0.15, 0.2) is 0 Å². The highest BCUT2D eigenvalue weighted by atomic mass is 32.2. The highest BCUT2D eigenvalue weighted by molar-refractivity contribution is 8.00. The molecule has 0 aliphatic carbocycles. The van der Waals surface area contributed by atoms with Crippen molar-refractivity contribution in [2.75, 3.05) is 12.4 Å². The zero-order chi connectivity index (χ0) is 14.8. The van der Waals surface area contributed by atoms with Crippen LogP contribution in [0.1, 0.15) is 26.3 Å². The Kier molecular flexibility index (Phi) is 4.60. The quantitative estimate of drug-likeness (QED) is 0.893. The predicted octanol–water partition coefficient (Wildman–Crippen LogP) is 2.48. The van der Waals surface area contributed by atoms with Gasteiger partial charge < -0.3 is 9.84 Å². The van der Waals surface area contributed by atoms with E-state index < -0.39 is 12.0 Å². The average molecular weight is 295 g/mol. The second-order valence-electron chi connectivity index (χ2n) is 5.96. The van der Waals surface area contributed by atoms with E-state index in [2.05, 4.69) is 38.2 Å². The zero-order valence-electron chi connectivity index (χ0n) is 12.1. The van der Waals surface area contributed by atoms with Crippen LogP contribution in [0.3, 0.4) is 0 Å². The summed E-state index contributed by atoms with van der Waals surface area (Å²) < 4.78 is 5.71. The summed E-state index contributed by atoms with van der Waals surface area (Å²) in [6.07, 6.45) is 0. The van der Waals surface area contributed by atoms with Crippen LogP contribution in [0.4, 0.5) is 0 Å². The van der Waals surface area contributed by atoms with Crippen molar-refractivity contribution >= 4 is 17.7 Å². The van der Waals surface area contributed by atoms with Gasteiger partial charge in [-0.25, -0.2) is 0 Å². The lowest BCUT2D eigenvalue weighted by Gasteiger charge is -2.19. The van der Waals surface area contributed by atoms with Gasteiger partial charge in [-0.1, -0.05) is 32.9 Å². The van der Waals surface area contributed by atoms with Crippen molar-refractivity contribution < 1.29 is 14.6 Å². The molecule has 1 saturated heterocycles. The van der Waals surface area contributed by atoms with Crippen LogP contribution in [-0.4, -0.2) is 34.9 Å². The maximum atomic E-state index is 10.8. The number of carboxylic acid groups (broad SMARTS) is 1. The first kappa shape index (κ1) is 15.2. The van der Waals surface area contributed by atoms with Gasteiger partial charge in [-0.05, 0) is 23.1 Å². The SMILES string of the molecule is CC(C)(C)c1ccc(OCC2NC(C(=O)O)CS2)cc1. The maximum Gasteiger partial charge on any atom is 0.321 e. The zero-order valence-corrected chi connectivity index (χ0v) is 12.9. The van der Waals surface area contributed by atoms with Gasteiger partial charge in [0.2, 0.25) is 0 Å². The number of rotatable bonds is 4. The number of hydrogen-bond donors (Lipinski definition) is 2. The number of carboxylic acids is 1. The van der Waals surface area contributed by atoms with Crippen LogP contribution in [0.2, 0.25) is 0 Å². The third-order valence-electron chi connectivity index (χ3n) is 3.27. The molecule has 1 aromatic carbocycles. The maximum absolute atomic E-state index is 10.8. The number of ether oxygens (including phenoxy) is 1. The molecule has 0 aromatic heterocycles. The minimum Gasteiger partial charge on any atom is -0.491 e. The Labute approximate surface area is 123 Å². The molecule has 0 radical (unpaired) electrons. The third kappa shape index (κ3) is 3.90. The van der Waals surface area contributed by atoms with Gasteiger partial charge in [-0.2, -0.15) is 0 Å². The Hall–Kier alpha value is -1.20. The molecule has 0 saturated carbocycles. The highest BCUT2D eigenvalue weighted by Crippen LogP contribution is 2.25. The van der Waals surface area contributed by atoms with Crippen molar-refractivity contribution in [1.29, 1.82) is 0 Å². The lowest BCUT2D eigenvalue weighted by molar-refractivity contribution is -0.138. The van der Waals surface area contributed by atoms with Gasteiger partial charge in [-0.15, -0.1) is 11.8 Å². The molecule has 2 atom stereocenters. The average Bonchev–Trinajstić information content (AvgIpc) is 2.85. The number of thioether (sulfide) groups is 1. The van der Waals surface area contributed by atoms with E-state index in [0.717, 1.165) is 5.75 Å². The monoisotopic (exact) mass is 295 g/mol. The number of benzene rings is 1. The molecule has 110 valence electrons. The molecule has 5 heteroatoms. The van der Waals surface area contributed by atoms with Crippen LogP contribution in [0.5, 0.6) is 5.75 Å². The van der Waals surface area contributed by atoms with Crippen LogP contribution in [0, 0.1) is 0 Å². The predicted molar refractivity (Wildman–Crippen MR) is 81.4 cm³/mol. The van der Waals surface area contributed by atoms with Crippen LogP contribution >= 0.6 is 11.8 Å². The van der Waals surface area contributed by atoms with Crippen molar-refractivity contribution in [3.05, 3.63) is 29.8 Å². The molecule has 2 N–H and O–H groups in total. The number of carbonyl (C=O) groups is 1. The van der Waals surface area contributed by atoms with Gasteiger partial charge in [0.05, 0.1) is 5.37 Å². The first-order valence-electron chi connectivity index (χ1n) is 6.70. The summed E-state index contributed by atoms with van der Waals surface area (Å²) in [5, 5.41) is 12.0. The summed E-state index contributed by atoms with van der Waals surface area (Å²) in [5.41, 5.74) is 1.40.